The Kier molecular flexibility index (Phi) is 2.45. The Hall–Kier alpha value is -2.01. The molecule has 0 saturated carbocycles. The predicted octanol–water partition coefficient (Wildman–Crippen LogP) is 2.90. The molecule has 0 spiro atoms. The lowest BCUT2D eigenvalue weighted by Gasteiger charge is -1.96. The van der Waals surface area contributed by atoms with Crippen LogP contribution in [0.15, 0.2) is 36.0 Å². The van der Waals surface area contributed by atoms with Gasteiger partial charge in [0.25, 0.3) is 0 Å². The van der Waals surface area contributed by atoms with Crippen molar-refractivity contribution in [2.24, 2.45) is 0 Å². The van der Waals surface area contributed by atoms with E-state index in [1.54, 1.807) is 11.3 Å². The van der Waals surface area contributed by atoms with E-state index in [1.807, 2.05) is 5.38 Å². The second kappa shape index (κ2) is 4.10. The molecule has 1 aromatic carbocycles. The first-order valence-corrected chi connectivity index (χ1v) is 6.09. The molecule has 0 atom stereocenters. The van der Waals surface area contributed by atoms with E-state index in [0.717, 1.165) is 16.3 Å². The molecule has 0 aliphatic rings. The Balaban J connectivity index is 1.98. The zero-order valence-electron chi connectivity index (χ0n) is 9.21. The van der Waals surface area contributed by atoms with Crippen LogP contribution in [-0.2, 0) is 0 Å². The monoisotopic (exact) mass is 242 g/mol. The Morgan fingerprint density at radius 3 is 2.71 bits per heavy atom. The molecule has 1 N–H and O–H groups in total. The van der Waals surface area contributed by atoms with Crippen molar-refractivity contribution in [2.45, 2.75) is 6.92 Å². The number of nitrogens with zero attached hydrogens (tertiary/aromatic N) is 3. The van der Waals surface area contributed by atoms with Crippen molar-refractivity contribution in [3.8, 4) is 22.1 Å². The normalized spacial score (nSPS) is 10.6. The zero-order chi connectivity index (χ0) is 11.7. The SMILES string of the molecule is Cc1ccc(-c2csc(-c3ncn[nH]3)n2)cc1. The molecule has 17 heavy (non-hydrogen) atoms. The molecule has 0 radical (unpaired) electrons. The van der Waals surface area contributed by atoms with Crippen LogP contribution in [0.3, 0.4) is 0 Å². The summed E-state index contributed by atoms with van der Waals surface area (Å²) in [5, 5.41) is 9.53. The molecule has 3 aromatic rings. The van der Waals surface area contributed by atoms with Gasteiger partial charge in [0, 0.05) is 10.9 Å². The van der Waals surface area contributed by atoms with Crippen LogP contribution in [0.1, 0.15) is 5.56 Å². The maximum atomic E-state index is 4.54. The number of rotatable bonds is 2. The van der Waals surface area contributed by atoms with Gasteiger partial charge in [-0.25, -0.2) is 9.97 Å². The van der Waals surface area contributed by atoms with E-state index >= 15 is 0 Å². The topological polar surface area (TPSA) is 54.5 Å². The lowest BCUT2D eigenvalue weighted by atomic mass is 10.1. The summed E-state index contributed by atoms with van der Waals surface area (Å²) in [7, 11) is 0. The number of hydrogen-bond acceptors (Lipinski definition) is 4. The molecule has 0 unspecified atom stereocenters. The van der Waals surface area contributed by atoms with Crippen LogP contribution in [-0.4, -0.2) is 20.2 Å². The summed E-state index contributed by atoms with van der Waals surface area (Å²) in [5.41, 5.74) is 3.35. The largest absolute Gasteiger partial charge is 0.257 e. The fourth-order valence-corrected chi connectivity index (χ4v) is 2.32. The molecule has 0 fully saturated rings. The highest BCUT2D eigenvalue weighted by molar-refractivity contribution is 7.13. The molecule has 0 bridgehead atoms. The van der Waals surface area contributed by atoms with Crippen molar-refractivity contribution in [1.29, 1.82) is 0 Å². The van der Waals surface area contributed by atoms with Crippen LogP contribution in [0.2, 0.25) is 0 Å². The van der Waals surface area contributed by atoms with Crippen LogP contribution in [0.4, 0.5) is 0 Å². The second-order valence-electron chi connectivity index (χ2n) is 3.74. The maximum absolute atomic E-state index is 4.54. The van der Waals surface area contributed by atoms with Crippen molar-refractivity contribution >= 4 is 11.3 Å². The van der Waals surface area contributed by atoms with Gasteiger partial charge in [0.15, 0.2) is 10.8 Å². The van der Waals surface area contributed by atoms with Crippen molar-refractivity contribution in [3.05, 3.63) is 41.5 Å². The smallest absolute Gasteiger partial charge is 0.184 e. The van der Waals surface area contributed by atoms with E-state index in [1.165, 1.54) is 11.9 Å². The first kappa shape index (κ1) is 10.2. The van der Waals surface area contributed by atoms with Gasteiger partial charge in [-0.05, 0) is 6.92 Å². The minimum atomic E-state index is 0.716. The summed E-state index contributed by atoms with van der Waals surface area (Å²) in [4.78, 5) is 8.63. The lowest BCUT2D eigenvalue weighted by Crippen LogP contribution is -1.81. The molecule has 0 amide bonds. The van der Waals surface area contributed by atoms with Crippen LogP contribution in [0.5, 0.6) is 0 Å². The van der Waals surface area contributed by atoms with Gasteiger partial charge >= 0.3 is 0 Å². The molecular weight excluding hydrogens is 232 g/mol. The third kappa shape index (κ3) is 1.97. The Bertz CT molecular complexity index is 610. The van der Waals surface area contributed by atoms with Crippen molar-refractivity contribution in [1.82, 2.24) is 20.2 Å². The van der Waals surface area contributed by atoms with E-state index in [-0.39, 0.29) is 0 Å². The van der Waals surface area contributed by atoms with Crippen LogP contribution >= 0.6 is 11.3 Å². The molecule has 0 aliphatic heterocycles. The highest BCUT2D eigenvalue weighted by Crippen LogP contribution is 2.26. The standard InChI is InChI=1S/C12H10N4S/c1-8-2-4-9(5-3-8)10-6-17-12(15-10)11-13-7-14-16-11/h2-7H,1H3,(H,13,14,16). The summed E-state index contributed by atoms with van der Waals surface area (Å²) in [5.74, 6) is 0.716. The Labute approximate surface area is 102 Å². The van der Waals surface area contributed by atoms with Gasteiger partial charge in [-0.1, -0.05) is 29.8 Å². The van der Waals surface area contributed by atoms with Gasteiger partial charge < -0.3 is 0 Å². The van der Waals surface area contributed by atoms with Gasteiger partial charge in [0.1, 0.15) is 6.33 Å². The predicted molar refractivity (Wildman–Crippen MR) is 67.7 cm³/mol. The van der Waals surface area contributed by atoms with Crippen LogP contribution < -0.4 is 0 Å². The van der Waals surface area contributed by atoms with E-state index in [4.69, 9.17) is 0 Å². The van der Waals surface area contributed by atoms with Crippen LogP contribution in [0, 0.1) is 6.92 Å². The molecule has 4 nitrogen and oxygen atoms in total. The molecule has 84 valence electrons. The fourth-order valence-electron chi connectivity index (χ4n) is 1.55. The number of H-pyrrole nitrogens is 1. The average molecular weight is 242 g/mol. The van der Waals surface area contributed by atoms with Crippen molar-refractivity contribution < 1.29 is 0 Å². The van der Waals surface area contributed by atoms with E-state index < -0.39 is 0 Å². The van der Waals surface area contributed by atoms with Gasteiger partial charge in [0.2, 0.25) is 0 Å². The van der Waals surface area contributed by atoms with Crippen molar-refractivity contribution in [2.75, 3.05) is 0 Å². The summed E-state index contributed by atoms with van der Waals surface area (Å²) in [6, 6.07) is 8.33. The van der Waals surface area contributed by atoms with Gasteiger partial charge in [-0.2, -0.15) is 5.10 Å². The highest BCUT2D eigenvalue weighted by atomic mass is 32.1. The third-order valence-electron chi connectivity index (χ3n) is 2.47. The Morgan fingerprint density at radius 1 is 1.18 bits per heavy atom. The number of hydrogen-bond donors (Lipinski definition) is 1. The summed E-state index contributed by atoms with van der Waals surface area (Å²) >= 11 is 1.56. The highest BCUT2D eigenvalue weighted by Gasteiger charge is 2.08. The number of thiazole rings is 1. The number of nitrogens with one attached hydrogen (secondary N) is 1. The first-order valence-electron chi connectivity index (χ1n) is 5.21. The molecule has 3 rings (SSSR count). The molecule has 5 heteroatoms. The minimum Gasteiger partial charge on any atom is -0.257 e. The van der Waals surface area contributed by atoms with Crippen molar-refractivity contribution in [3.63, 3.8) is 0 Å². The second-order valence-corrected chi connectivity index (χ2v) is 4.60. The molecule has 2 heterocycles. The third-order valence-corrected chi connectivity index (χ3v) is 3.32. The average Bonchev–Trinajstić information content (AvgIpc) is 3.00. The summed E-state index contributed by atoms with van der Waals surface area (Å²) in [6.45, 7) is 2.07. The summed E-state index contributed by atoms with van der Waals surface area (Å²) < 4.78 is 0. The maximum Gasteiger partial charge on any atom is 0.184 e. The van der Waals surface area contributed by atoms with E-state index in [9.17, 15) is 0 Å². The zero-order valence-corrected chi connectivity index (χ0v) is 10.0. The number of aromatic amines is 1. The fraction of sp³-hybridized carbons (Fsp3) is 0.0833. The number of benzene rings is 1. The van der Waals surface area contributed by atoms with E-state index in [2.05, 4.69) is 51.4 Å². The molecular formula is C12H10N4S. The lowest BCUT2D eigenvalue weighted by molar-refractivity contribution is 1.09. The van der Waals surface area contributed by atoms with Gasteiger partial charge in [0.05, 0.1) is 5.69 Å². The molecule has 0 aliphatic carbocycles. The number of aromatic nitrogens is 4. The summed E-state index contributed by atoms with van der Waals surface area (Å²) in [6.07, 6.45) is 1.49. The van der Waals surface area contributed by atoms with E-state index in [0.29, 0.717) is 5.82 Å². The Morgan fingerprint density at radius 2 is 2.00 bits per heavy atom. The molecule has 2 aromatic heterocycles. The number of aryl methyl sites for hydroxylation is 1. The minimum absolute atomic E-state index is 0.716. The molecule has 0 saturated heterocycles. The van der Waals surface area contributed by atoms with Gasteiger partial charge in [-0.3, -0.25) is 5.10 Å². The quantitative estimate of drug-likeness (QED) is 0.751. The van der Waals surface area contributed by atoms with Gasteiger partial charge in [-0.15, -0.1) is 11.3 Å². The first-order chi connectivity index (χ1) is 8.33. The van der Waals surface area contributed by atoms with Crippen LogP contribution in [0.25, 0.3) is 22.1 Å².